The predicted octanol–water partition coefficient (Wildman–Crippen LogP) is 1.56. The van der Waals surface area contributed by atoms with Gasteiger partial charge in [0.2, 0.25) is 0 Å². The molecule has 0 saturated heterocycles. The summed E-state index contributed by atoms with van der Waals surface area (Å²) in [5.41, 5.74) is 0.535. The molecule has 0 bridgehead atoms. The second-order valence-electron chi connectivity index (χ2n) is 4.83. The third-order valence-electron chi connectivity index (χ3n) is 2.94. The van der Waals surface area contributed by atoms with E-state index in [9.17, 15) is 14.1 Å². The largest absolute Gasteiger partial charge is 0.393 e. The van der Waals surface area contributed by atoms with Gasteiger partial charge < -0.3 is 10.4 Å². The van der Waals surface area contributed by atoms with Crippen molar-refractivity contribution in [2.45, 2.75) is 31.3 Å². The van der Waals surface area contributed by atoms with E-state index in [1.807, 2.05) is 13.8 Å². The van der Waals surface area contributed by atoms with Gasteiger partial charge in [-0.1, -0.05) is 13.8 Å². The summed E-state index contributed by atoms with van der Waals surface area (Å²) in [6.07, 6.45) is 1.74. The Kier molecular flexibility index (Phi) is 6.18. The summed E-state index contributed by atoms with van der Waals surface area (Å²) in [6.45, 7) is 4.33. The second-order valence-corrected chi connectivity index (χ2v) is 6.21. The van der Waals surface area contributed by atoms with Gasteiger partial charge in [-0.3, -0.25) is 9.00 Å². The first-order chi connectivity index (χ1) is 8.91. The highest BCUT2D eigenvalue weighted by Gasteiger charge is 2.10. The maximum atomic E-state index is 11.8. The summed E-state index contributed by atoms with van der Waals surface area (Å²) >= 11 is 0. The monoisotopic (exact) mass is 283 g/mol. The molecule has 1 aromatic rings. The molecule has 1 amide bonds. The van der Waals surface area contributed by atoms with Gasteiger partial charge in [0, 0.05) is 34.1 Å². The smallest absolute Gasteiger partial charge is 0.251 e. The van der Waals surface area contributed by atoms with Crippen molar-refractivity contribution in [3.05, 3.63) is 29.8 Å². The number of amides is 1. The number of carbonyl (C=O) groups excluding carboxylic acids is 1. The number of hydrogen-bond acceptors (Lipinski definition) is 3. The molecular formula is C14H21NO3S. The van der Waals surface area contributed by atoms with E-state index in [0.717, 1.165) is 0 Å². The van der Waals surface area contributed by atoms with Crippen molar-refractivity contribution in [3.63, 3.8) is 0 Å². The standard InChI is InChI=1S/C14H21NO3S/c1-10(2)13(16)8-9-15-14(17)11-4-6-12(7-5-11)19(3)18/h4-7,10,13,16H,8-9H2,1-3H3,(H,15,17). The van der Waals surface area contributed by atoms with Crippen molar-refractivity contribution in [1.82, 2.24) is 5.32 Å². The van der Waals surface area contributed by atoms with Crippen molar-refractivity contribution >= 4 is 16.7 Å². The lowest BCUT2D eigenvalue weighted by Crippen LogP contribution is -2.28. The lowest BCUT2D eigenvalue weighted by molar-refractivity contribution is 0.0920. The van der Waals surface area contributed by atoms with Gasteiger partial charge in [0.25, 0.3) is 5.91 Å². The summed E-state index contributed by atoms with van der Waals surface area (Å²) in [5.74, 6) is 0.0140. The zero-order valence-corrected chi connectivity index (χ0v) is 12.4. The first-order valence-corrected chi connectivity index (χ1v) is 7.87. The van der Waals surface area contributed by atoms with E-state index in [2.05, 4.69) is 5.32 Å². The molecule has 4 nitrogen and oxygen atoms in total. The molecule has 19 heavy (non-hydrogen) atoms. The van der Waals surface area contributed by atoms with E-state index >= 15 is 0 Å². The lowest BCUT2D eigenvalue weighted by atomic mass is 10.0. The molecule has 1 aromatic carbocycles. The SMILES string of the molecule is CC(C)C(O)CCNC(=O)c1ccc(S(C)=O)cc1. The maximum Gasteiger partial charge on any atom is 0.251 e. The van der Waals surface area contributed by atoms with E-state index in [0.29, 0.717) is 23.4 Å². The first kappa shape index (κ1) is 15.9. The molecule has 5 heteroatoms. The topological polar surface area (TPSA) is 66.4 Å². The summed E-state index contributed by atoms with van der Waals surface area (Å²) < 4.78 is 11.2. The van der Waals surface area contributed by atoms with Gasteiger partial charge >= 0.3 is 0 Å². The van der Waals surface area contributed by atoms with Gasteiger partial charge in [0.1, 0.15) is 0 Å². The lowest BCUT2D eigenvalue weighted by Gasteiger charge is -2.14. The van der Waals surface area contributed by atoms with E-state index in [-0.39, 0.29) is 11.8 Å². The molecule has 0 saturated carbocycles. The normalized spacial score (nSPS) is 14.2. The molecule has 0 fully saturated rings. The fourth-order valence-corrected chi connectivity index (χ4v) is 2.09. The molecule has 2 atom stereocenters. The molecule has 1 rings (SSSR count). The third-order valence-corrected chi connectivity index (χ3v) is 3.88. The minimum Gasteiger partial charge on any atom is -0.393 e. The number of nitrogens with one attached hydrogen (secondary N) is 1. The summed E-state index contributed by atoms with van der Waals surface area (Å²) in [7, 11) is -1.03. The van der Waals surface area contributed by atoms with Crippen LogP contribution in [0.3, 0.4) is 0 Å². The molecule has 0 aromatic heterocycles. The van der Waals surface area contributed by atoms with Crippen molar-refractivity contribution in [1.29, 1.82) is 0 Å². The van der Waals surface area contributed by atoms with Gasteiger partial charge in [-0.15, -0.1) is 0 Å². The summed E-state index contributed by atoms with van der Waals surface area (Å²) in [6, 6.07) is 6.69. The van der Waals surface area contributed by atoms with Crippen LogP contribution in [0.1, 0.15) is 30.6 Å². The number of rotatable bonds is 6. The van der Waals surface area contributed by atoms with E-state index < -0.39 is 16.9 Å². The van der Waals surface area contributed by atoms with Gasteiger partial charge in [-0.25, -0.2) is 0 Å². The quantitative estimate of drug-likeness (QED) is 0.832. The molecule has 0 spiro atoms. The zero-order valence-electron chi connectivity index (χ0n) is 11.6. The molecule has 0 aliphatic heterocycles. The fourth-order valence-electron chi connectivity index (χ4n) is 1.57. The Labute approximate surface area is 116 Å². The van der Waals surface area contributed by atoms with E-state index in [4.69, 9.17) is 0 Å². The number of aliphatic hydroxyl groups excluding tert-OH is 1. The van der Waals surface area contributed by atoms with Crippen LogP contribution in [0.2, 0.25) is 0 Å². The zero-order chi connectivity index (χ0) is 14.4. The average Bonchev–Trinajstić information content (AvgIpc) is 2.38. The van der Waals surface area contributed by atoms with E-state index in [1.165, 1.54) is 0 Å². The Morgan fingerprint density at radius 1 is 1.32 bits per heavy atom. The Balaban J connectivity index is 2.48. The van der Waals surface area contributed by atoms with Crippen LogP contribution in [0.25, 0.3) is 0 Å². The highest BCUT2D eigenvalue weighted by atomic mass is 32.2. The van der Waals surface area contributed by atoms with E-state index in [1.54, 1.807) is 30.5 Å². The fraction of sp³-hybridized carbons (Fsp3) is 0.500. The van der Waals surface area contributed by atoms with Crippen LogP contribution in [0.15, 0.2) is 29.2 Å². The number of hydrogen-bond donors (Lipinski definition) is 2. The molecule has 2 unspecified atom stereocenters. The van der Waals surface area contributed by atoms with Gasteiger partial charge in [-0.2, -0.15) is 0 Å². The van der Waals surface area contributed by atoms with Gasteiger partial charge in [-0.05, 0) is 36.6 Å². The predicted molar refractivity (Wildman–Crippen MR) is 76.6 cm³/mol. The second kappa shape index (κ2) is 7.40. The van der Waals surface area contributed by atoms with Crippen LogP contribution in [-0.2, 0) is 10.8 Å². The van der Waals surface area contributed by atoms with Gasteiger partial charge in [0.15, 0.2) is 0 Å². The van der Waals surface area contributed by atoms with Crippen molar-refractivity contribution < 1.29 is 14.1 Å². The third kappa shape index (κ3) is 5.12. The molecule has 0 aliphatic carbocycles. The molecule has 0 heterocycles. The average molecular weight is 283 g/mol. The van der Waals surface area contributed by atoms with Crippen LogP contribution in [0.5, 0.6) is 0 Å². The number of carbonyl (C=O) groups is 1. The Morgan fingerprint density at radius 2 is 1.89 bits per heavy atom. The molecule has 106 valence electrons. The van der Waals surface area contributed by atoms with Crippen molar-refractivity contribution in [2.75, 3.05) is 12.8 Å². The molecule has 2 N–H and O–H groups in total. The van der Waals surface area contributed by atoms with Crippen LogP contribution in [0, 0.1) is 5.92 Å². The molecular weight excluding hydrogens is 262 g/mol. The first-order valence-electron chi connectivity index (χ1n) is 6.31. The Morgan fingerprint density at radius 3 is 2.37 bits per heavy atom. The Bertz CT molecular complexity index is 443. The minimum absolute atomic E-state index is 0.176. The summed E-state index contributed by atoms with van der Waals surface area (Å²) in [5, 5.41) is 12.4. The Hall–Kier alpha value is -1.20. The molecule has 0 aliphatic rings. The maximum absolute atomic E-state index is 11.8. The number of aliphatic hydroxyl groups is 1. The van der Waals surface area contributed by atoms with Crippen molar-refractivity contribution in [3.8, 4) is 0 Å². The van der Waals surface area contributed by atoms with Crippen LogP contribution < -0.4 is 5.32 Å². The van der Waals surface area contributed by atoms with Crippen LogP contribution in [-0.4, -0.2) is 34.1 Å². The van der Waals surface area contributed by atoms with Gasteiger partial charge in [0.05, 0.1) is 6.10 Å². The number of benzene rings is 1. The summed E-state index contributed by atoms with van der Waals surface area (Å²) in [4.78, 5) is 12.5. The van der Waals surface area contributed by atoms with Crippen LogP contribution >= 0.6 is 0 Å². The van der Waals surface area contributed by atoms with Crippen molar-refractivity contribution in [2.24, 2.45) is 5.92 Å². The van der Waals surface area contributed by atoms with Crippen LogP contribution in [0.4, 0.5) is 0 Å². The molecule has 0 radical (unpaired) electrons. The highest BCUT2D eigenvalue weighted by molar-refractivity contribution is 7.84. The highest BCUT2D eigenvalue weighted by Crippen LogP contribution is 2.08. The minimum atomic E-state index is -1.03.